The molecular weight excluding hydrogens is 292 g/mol. The molecule has 0 aliphatic carbocycles. The van der Waals surface area contributed by atoms with Crippen LogP contribution in [0.5, 0.6) is 0 Å². The number of sulfone groups is 1. The Morgan fingerprint density at radius 3 is 2.94 bits per heavy atom. The highest BCUT2D eigenvalue weighted by Gasteiger charge is 2.08. The Morgan fingerprint density at radius 2 is 2.25 bits per heavy atom. The number of pyridine rings is 1. The van der Waals surface area contributed by atoms with Crippen LogP contribution in [0.1, 0.15) is 0 Å². The Hall–Kier alpha value is -0.880. The van der Waals surface area contributed by atoms with Gasteiger partial charge in [0.2, 0.25) is 0 Å². The summed E-state index contributed by atoms with van der Waals surface area (Å²) < 4.78 is 25.1. The molecule has 16 heavy (non-hydrogen) atoms. The fourth-order valence-electron chi connectivity index (χ4n) is 1.54. The van der Waals surface area contributed by atoms with Crippen LogP contribution in [-0.2, 0) is 16.4 Å². The molecule has 0 aromatic carbocycles. The number of hydrogen-bond donors (Lipinski definition) is 0. The van der Waals surface area contributed by atoms with E-state index in [-0.39, 0.29) is 5.75 Å². The first-order valence-corrected chi connectivity index (χ1v) is 7.59. The Labute approximate surface area is 102 Å². The maximum absolute atomic E-state index is 11.1. The maximum Gasteiger partial charge on any atom is 0.149 e. The van der Waals surface area contributed by atoms with E-state index in [2.05, 4.69) is 20.9 Å². The van der Waals surface area contributed by atoms with Crippen LogP contribution in [0, 0.1) is 0 Å². The number of hydrogen-bond acceptors (Lipinski definition) is 3. The first-order valence-electron chi connectivity index (χ1n) is 4.73. The van der Waals surface area contributed by atoms with Crippen LogP contribution in [0.25, 0.3) is 10.9 Å². The van der Waals surface area contributed by atoms with E-state index in [0.29, 0.717) is 6.54 Å². The van der Waals surface area contributed by atoms with Crippen molar-refractivity contribution in [3.05, 3.63) is 29.1 Å². The third-order valence-corrected chi connectivity index (χ3v) is 3.90. The maximum atomic E-state index is 11.1. The second kappa shape index (κ2) is 4.18. The number of aryl methyl sites for hydroxylation is 1. The lowest BCUT2D eigenvalue weighted by Crippen LogP contribution is -2.10. The topological polar surface area (TPSA) is 52.0 Å². The molecule has 0 radical (unpaired) electrons. The Morgan fingerprint density at radius 1 is 1.50 bits per heavy atom. The molecule has 0 unspecified atom stereocenters. The SMILES string of the molecule is CS(=O)(=O)CCn1cc(Br)c2ccncc21. The lowest BCUT2D eigenvalue weighted by atomic mass is 10.3. The minimum atomic E-state index is -2.94. The standard InChI is InChI=1S/C10H11BrN2O2S/c1-16(14,15)5-4-13-7-9(11)8-2-3-12-6-10(8)13/h2-3,6-7H,4-5H2,1H3. The summed E-state index contributed by atoms with van der Waals surface area (Å²) in [7, 11) is -2.94. The molecular formula is C10H11BrN2O2S. The average Bonchev–Trinajstić information content (AvgIpc) is 2.53. The zero-order chi connectivity index (χ0) is 11.8. The van der Waals surface area contributed by atoms with Crippen LogP contribution in [-0.4, -0.2) is 30.0 Å². The molecule has 0 bridgehead atoms. The van der Waals surface area contributed by atoms with Gasteiger partial charge < -0.3 is 4.57 Å². The van der Waals surface area contributed by atoms with Crippen LogP contribution in [0.15, 0.2) is 29.1 Å². The molecule has 0 saturated heterocycles. The smallest absolute Gasteiger partial charge is 0.149 e. The molecule has 0 saturated carbocycles. The predicted octanol–water partition coefficient (Wildman–Crippen LogP) is 1.84. The van der Waals surface area contributed by atoms with Gasteiger partial charge in [0, 0.05) is 35.1 Å². The number of nitrogens with zero attached hydrogens (tertiary/aromatic N) is 2. The molecule has 0 fully saturated rings. The second-order valence-corrected chi connectivity index (χ2v) is 6.81. The quantitative estimate of drug-likeness (QED) is 0.869. The molecule has 2 aromatic heterocycles. The normalized spacial score (nSPS) is 12.1. The van der Waals surface area contributed by atoms with E-state index in [4.69, 9.17) is 0 Å². The van der Waals surface area contributed by atoms with E-state index in [1.165, 1.54) is 6.26 Å². The van der Waals surface area contributed by atoms with E-state index in [1.807, 2.05) is 16.8 Å². The minimum Gasteiger partial charge on any atom is -0.344 e. The summed E-state index contributed by atoms with van der Waals surface area (Å²) in [6.07, 6.45) is 6.58. The van der Waals surface area contributed by atoms with Gasteiger partial charge in [-0.2, -0.15) is 0 Å². The molecule has 86 valence electrons. The van der Waals surface area contributed by atoms with E-state index in [9.17, 15) is 8.42 Å². The molecule has 0 spiro atoms. The van der Waals surface area contributed by atoms with Crippen molar-refractivity contribution in [2.24, 2.45) is 0 Å². The first kappa shape index (κ1) is 11.6. The molecule has 2 heterocycles. The number of aromatic nitrogens is 2. The molecule has 0 N–H and O–H groups in total. The van der Waals surface area contributed by atoms with E-state index in [0.717, 1.165) is 15.4 Å². The number of fused-ring (bicyclic) bond motifs is 1. The monoisotopic (exact) mass is 302 g/mol. The highest BCUT2D eigenvalue weighted by molar-refractivity contribution is 9.10. The predicted molar refractivity (Wildman–Crippen MR) is 67.1 cm³/mol. The first-order chi connectivity index (χ1) is 7.47. The van der Waals surface area contributed by atoms with Gasteiger partial charge >= 0.3 is 0 Å². The number of halogens is 1. The van der Waals surface area contributed by atoms with E-state index in [1.54, 1.807) is 12.4 Å². The van der Waals surface area contributed by atoms with Crippen molar-refractivity contribution < 1.29 is 8.42 Å². The van der Waals surface area contributed by atoms with Crippen LogP contribution >= 0.6 is 15.9 Å². The third-order valence-electron chi connectivity index (χ3n) is 2.34. The van der Waals surface area contributed by atoms with Gasteiger partial charge in [0.15, 0.2) is 0 Å². The summed E-state index contributed by atoms with van der Waals surface area (Å²) in [5.41, 5.74) is 0.943. The van der Waals surface area contributed by atoms with Gasteiger partial charge in [-0.3, -0.25) is 4.98 Å². The fraction of sp³-hybridized carbons (Fsp3) is 0.300. The molecule has 2 rings (SSSR count). The third kappa shape index (κ3) is 2.44. The lowest BCUT2D eigenvalue weighted by Gasteiger charge is -2.03. The molecule has 6 heteroatoms. The van der Waals surface area contributed by atoms with Crippen molar-refractivity contribution in [3.63, 3.8) is 0 Å². The van der Waals surface area contributed by atoms with Crippen LogP contribution in [0.3, 0.4) is 0 Å². The highest BCUT2D eigenvalue weighted by atomic mass is 79.9. The molecule has 0 aliphatic heterocycles. The van der Waals surface area contributed by atoms with Crippen molar-refractivity contribution in [2.75, 3.05) is 12.0 Å². The van der Waals surface area contributed by atoms with Crippen LogP contribution in [0.4, 0.5) is 0 Å². The van der Waals surface area contributed by atoms with Gasteiger partial charge in [-0.1, -0.05) is 0 Å². The van der Waals surface area contributed by atoms with Crippen molar-refractivity contribution >= 4 is 36.7 Å². The zero-order valence-corrected chi connectivity index (χ0v) is 11.1. The van der Waals surface area contributed by atoms with Crippen molar-refractivity contribution in [1.29, 1.82) is 0 Å². The van der Waals surface area contributed by atoms with E-state index >= 15 is 0 Å². The van der Waals surface area contributed by atoms with Gasteiger partial charge in [0.05, 0.1) is 17.5 Å². The molecule has 4 nitrogen and oxygen atoms in total. The minimum absolute atomic E-state index is 0.137. The average molecular weight is 303 g/mol. The summed E-state index contributed by atoms with van der Waals surface area (Å²) >= 11 is 3.44. The summed E-state index contributed by atoms with van der Waals surface area (Å²) in [5, 5.41) is 1.04. The van der Waals surface area contributed by atoms with Gasteiger partial charge in [-0.05, 0) is 22.0 Å². The Bertz CT molecular complexity index is 619. The Balaban J connectivity index is 2.38. The summed E-state index contributed by atoms with van der Waals surface area (Å²) in [4.78, 5) is 4.04. The van der Waals surface area contributed by atoms with Crippen molar-refractivity contribution in [3.8, 4) is 0 Å². The van der Waals surface area contributed by atoms with Crippen LogP contribution in [0.2, 0.25) is 0 Å². The Kier molecular flexibility index (Phi) is 3.03. The van der Waals surface area contributed by atoms with Crippen LogP contribution < -0.4 is 0 Å². The second-order valence-electron chi connectivity index (χ2n) is 3.69. The number of rotatable bonds is 3. The van der Waals surface area contributed by atoms with Crippen molar-refractivity contribution in [2.45, 2.75) is 6.54 Å². The van der Waals surface area contributed by atoms with Gasteiger partial charge in [0.25, 0.3) is 0 Å². The van der Waals surface area contributed by atoms with Gasteiger partial charge in [-0.25, -0.2) is 8.42 Å². The highest BCUT2D eigenvalue weighted by Crippen LogP contribution is 2.25. The molecule has 2 aromatic rings. The summed E-state index contributed by atoms with van der Waals surface area (Å²) in [6, 6.07) is 1.90. The van der Waals surface area contributed by atoms with Gasteiger partial charge in [-0.15, -0.1) is 0 Å². The molecule has 0 aliphatic rings. The lowest BCUT2D eigenvalue weighted by molar-refractivity contribution is 0.596. The van der Waals surface area contributed by atoms with Gasteiger partial charge in [0.1, 0.15) is 9.84 Å². The summed E-state index contributed by atoms with van der Waals surface area (Å²) in [6.45, 7) is 0.451. The molecule has 0 amide bonds. The summed E-state index contributed by atoms with van der Waals surface area (Å²) in [5.74, 6) is 0.137. The largest absolute Gasteiger partial charge is 0.344 e. The van der Waals surface area contributed by atoms with E-state index < -0.39 is 9.84 Å². The van der Waals surface area contributed by atoms with Crippen molar-refractivity contribution in [1.82, 2.24) is 9.55 Å². The molecule has 0 atom stereocenters. The zero-order valence-electron chi connectivity index (χ0n) is 8.72. The fourth-order valence-corrected chi connectivity index (χ4v) is 2.65.